The molecular weight excluding hydrogens is 316 g/mol. The smallest absolute Gasteiger partial charge is 0.145 e. The van der Waals surface area contributed by atoms with Gasteiger partial charge in [0.15, 0.2) is 0 Å². The molecule has 2 aromatic rings. The SMILES string of the molecule is COc1cccc2c(N3CCC[C@@H]3[C@H]3COCC[C@@]3(C)O)ccnc12. The Bertz CT molecular complexity index is 762. The first kappa shape index (κ1) is 16.6. The maximum Gasteiger partial charge on any atom is 0.145 e. The molecule has 2 fully saturated rings. The Morgan fingerprint density at radius 2 is 2.24 bits per heavy atom. The normalized spacial score (nSPS) is 30.0. The molecule has 134 valence electrons. The Morgan fingerprint density at radius 1 is 1.36 bits per heavy atom. The van der Waals surface area contributed by atoms with Gasteiger partial charge in [-0.2, -0.15) is 0 Å². The monoisotopic (exact) mass is 342 g/mol. The van der Waals surface area contributed by atoms with Crippen LogP contribution in [0.3, 0.4) is 0 Å². The summed E-state index contributed by atoms with van der Waals surface area (Å²) < 4.78 is 11.2. The van der Waals surface area contributed by atoms with Gasteiger partial charge in [0.05, 0.1) is 19.3 Å². The van der Waals surface area contributed by atoms with E-state index in [1.165, 1.54) is 5.69 Å². The van der Waals surface area contributed by atoms with Crippen molar-refractivity contribution in [1.82, 2.24) is 4.98 Å². The fourth-order valence-electron chi connectivity index (χ4n) is 4.44. The molecule has 0 spiro atoms. The largest absolute Gasteiger partial charge is 0.494 e. The zero-order chi connectivity index (χ0) is 17.4. The van der Waals surface area contributed by atoms with Gasteiger partial charge in [0.2, 0.25) is 0 Å². The molecular formula is C20H26N2O3. The van der Waals surface area contributed by atoms with Crippen LogP contribution in [0, 0.1) is 5.92 Å². The maximum absolute atomic E-state index is 10.9. The molecule has 1 aromatic carbocycles. The summed E-state index contributed by atoms with van der Waals surface area (Å²) in [5.74, 6) is 0.917. The van der Waals surface area contributed by atoms with Gasteiger partial charge in [0.1, 0.15) is 11.3 Å². The highest BCUT2D eigenvalue weighted by Gasteiger charge is 2.44. The molecule has 25 heavy (non-hydrogen) atoms. The number of fused-ring (bicyclic) bond motifs is 1. The lowest BCUT2D eigenvalue weighted by molar-refractivity contribution is -0.108. The van der Waals surface area contributed by atoms with Crippen LogP contribution in [0.15, 0.2) is 30.5 Å². The van der Waals surface area contributed by atoms with Crippen LogP contribution >= 0.6 is 0 Å². The van der Waals surface area contributed by atoms with Gasteiger partial charge in [-0.25, -0.2) is 0 Å². The fraction of sp³-hybridized carbons (Fsp3) is 0.550. The van der Waals surface area contributed by atoms with Crippen LogP contribution in [0.5, 0.6) is 5.75 Å². The summed E-state index contributed by atoms with van der Waals surface area (Å²) in [6.45, 7) is 4.23. The van der Waals surface area contributed by atoms with Crippen LogP contribution < -0.4 is 9.64 Å². The molecule has 3 heterocycles. The second kappa shape index (κ2) is 6.46. The number of methoxy groups -OCH3 is 1. The molecule has 0 aliphatic carbocycles. The number of benzene rings is 1. The van der Waals surface area contributed by atoms with E-state index >= 15 is 0 Å². The lowest BCUT2D eigenvalue weighted by Gasteiger charge is -2.44. The number of aliphatic hydroxyl groups is 1. The first-order chi connectivity index (χ1) is 12.1. The van der Waals surface area contributed by atoms with Gasteiger partial charge >= 0.3 is 0 Å². The van der Waals surface area contributed by atoms with Crippen molar-refractivity contribution in [3.8, 4) is 5.75 Å². The van der Waals surface area contributed by atoms with Crippen molar-refractivity contribution in [2.24, 2.45) is 5.92 Å². The molecule has 4 rings (SSSR count). The third-order valence-corrected chi connectivity index (χ3v) is 5.85. The molecule has 2 aliphatic rings. The first-order valence-electron chi connectivity index (χ1n) is 9.10. The van der Waals surface area contributed by atoms with Crippen molar-refractivity contribution in [2.75, 3.05) is 31.8 Å². The standard InChI is InChI=1S/C20H26N2O3/c1-20(23)9-12-25-13-15(20)17-6-4-11-22(17)16-8-10-21-19-14(16)5-3-7-18(19)24-2/h3,5,7-8,10,15,17,23H,4,6,9,11-13H2,1-2H3/t15-,17-,20-/m1/s1. The number of anilines is 1. The van der Waals surface area contributed by atoms with E-state index in [0.29, 0.717) is 19.6 Å². The minimum absolute atomic E-state index is 0.123. The van der Waals surface area contributed by atoms with E-state index < -0.39 is 5.60 Å². The van der Waals surface area contributed by atoms with Crippen LogP contribution in [0.4, 0.5) is 5.69 Å². The highest BCUT2D eigenvalue weighted by molar-refractivity contribution is 5.95. The number of aromatic nitrogens is 1. The molecule has 0 saturated carbocycles. The van der Waals surface area contributed by atoms with E-state index in [1.807, 2.05) is 25.3 Å². The summed E-state index contributed by atoms with van der Waals surface area (Å²) in [6.07, 6.45) is 4.76. The maximum atomic E-state index is 10.9. The number of ether oxygens (including phenoxy) is 2. The second-order valence-corrected chi connectivity index (χ2v) is 7.38. The zero-order valence-electron chi connectivity index (χ0n) is 14.9. The molecule has 5 heteroatoms. The lowest BCUT2D eigenvalue weighted by atomic mass is 9.79. The van der Waals surface area contributed by atoms with Crippen molar-refractivity contribution in [3.63, 3.8) is 0 Å². The Kier molecular flexibility index (Phi) is 4.29. The molecule has 2 saturated heterocycles. The third-order valence-electron chi connectivity index (χ3n) is 5.85. The Hall–Kier alpha value is -1.85. The van der Waals surface area contributed by atoms with E-state index in [2.05, 4.69) is 22.0 Å². The van der Waals surface area contributed by atoms with Gasteiger partial charge in [0, 0.05) is 42.4 Å². The van der Waals surface area contributed by atoms with E-state index in [9.17, 15) is 5.11 Å². The minimum Gasteiger partial charge on any atom is -0.494 e. The number of nitrogens with zero attached hydrogens (tertiary/aromatic N) is 2. The van der Waals surface area contributed by atoms with Crippen molar-refractivity contribution >= 4 is 16.6 Å². The predicted molar refractivity (Wildman–Crippen MR) is 98.2 cm³/mol. The summed E-state index contributed by atoms with van der Waals surface area (Å²) in [5, 5.41) is 12.0. The number of rotatable bonds is 3. The van der Waals surface area contributed by atoms with Gasteiger partial charge < -0.3 is 19.5 Å². The van der Waals surface area contributed by atoms with Gasteiger partial charge in [-0.05, 0) is 38.3 Å². The van der Waals surface area contributed by atoms with Crippen molar-refractivity contribution in [2.45, 2.75) is 37.8 Å². The van der Waals surface area contributed by atoms with E-state index in [0.717, 1.165) is 36.0 Å². The van der Waals surface area contributed by atoms with Crippen LogP contribution in [0.2, 0.25) is 0 Å². The third kappa shape index (κ3) is 2.85. The van der Waals surface area contributed by atoms with Crippen LogP contribution in [0.25, 0.3) is 10.9 Å². The Balaban J connectivity index is 1.75. The molecule has 1 aromatic heterocycles. The van der Waals surface area contributed by atoms with Gasteiger partial charge in [0.25, 0.3) is 0 Å². The van der Waals surface area contributed by atoms with Gasteiger partial charge in [-0.1, -0.05) is 12.1 Å². The fourth-order valence-corrected chi connectivity index (χ4v) is 4.44. The molecule has 0 radical (unpaired) electrons. The van der Waals surface area contributed by atoms with Crippen molar-refractivity contribution in [1.29, 1.82) is 0 Å². The quantitative estimate of drug-likeness (QED) is 0.929. The van der Waals surface area contributed by atoms with Crippen LogP contribution in [0.1, 0.15) is 26.2 Å². The molecule has 5 nitrogen and oxygen atoms in total. The second-order valence-electron chi connectivity index (χ2n) is 7.38. The predicted octanol–water partition coefficient (Wildman–Crippen LogP) is 3.00. The number of hydrogen-bond acceptors (Lipinski definition) is 5. The zero-order valence-corrected chi connectivity index (χ0v) is 14.9. The minimum atomic E-state index is -0.675. The Labute approximate surface area is 148 Å². The highest BCUT2D eigenvalue weighted by Crippen LogP contribution is 2.40. The first-order valence-corrected chi connectivity index (χ1v) is 9.10. The number of pyridine rings is 1. The van der Waals surface area contributed by atoms with Crippen molar-refractivity contribution < 1.29 is 14.6 Å². The summed E-state index contributed by atoms with van der Waals surface area (Å²) in [7, 11) is 1.68. The lowest BCUT2D eigenvalue weighted by Crippen LogP contribution is -2.52. The topological polar surface area (TPSA) is 54.8 Å². The Morgan fingerprint density at radius 3 is 3.04 bits per heavy atom. The highest BCUT2D eigenvalue weighted by atomic mass is 16.5. The summed E-state index contributed by atoms with van der Waals surface area (Å²) in [6, 6.07) is 8.42. The van der Waals surface area contributed by atoms with E-state index in [-0.39, 0.29) is 12.0 Å². The average Bonchev–Trinajstić information content (AvgIpc) is 3.09. The number of hydrogen-bond donors (Lipinski definition) is 1. The summed E-state index contributed by atoms with van der Waals surface area (Å²) in [5.41, 5.74) is 1.39. The van der Waals surface area contributed by atoms with E-state index in [4.69, 9.17) is 9.47 Å². The van der Waals surface area contributed by atoms with Crippen LogP contribution in [-0.4, -0.2) is 48.6 Å². The molecule has 0 bridgehead atoms. The van der Waals surface area contributed by atoms with E-state index in [1.54, 1.807) is 7.11 Å². The summed E-state index contributed by atoms with van der Waals surface area (Å²) in [4.78, 5) is 6.97. The van der Waals surface area contributed by atoms with Gasteiger partial charge in [-0.15, -0.1) is 0 Å². The number of para-hydroxylation sites is 1. The molecule has 2 aliphatic heterocycles. The average molecular weight is 342 g/mol. The molecule has 0 unspecified atom stereocenters. The van der Waals surface area contributed by atoms with Gasteiger partial charge in [-0.3, -0.25) is 4.98 Å². The summed E-state index contributed by atoms with van der Waals surface area (Å²) >= 11 is 0. The molecule has 3 atom stereocenters. The molecule has 0 amide bonds. The molecule has 1 N–H and O–H groups in total. The van der Waals surface area contributed by atoms with Crippen LogP contribution in [-0.2, 0) is 4.74 Å². The van der Waals surface area contributed by atoms with Crippen molar-refractivity contribution in [3.05, 3.63) is 30.5 Å².